The minimum atomic E-state index is -2.94. The van der Waals surface area contributed by atoms with Gasteiger partial charge < -0.3 is 15.4 Å². The van der Waals surface area contributed by atoms with Crippen molar-refractivity contribution >= 4 is 22.5 Å². The van der Waals surface area contributed by atoms with Crippen molar-refractivity contribution < 1.29 is 18.3 Å². The van der Waals surface area contributed by atoms with Crippen LogP contribution in [0.2, 0.25) is 0 Å². The number of alkyl halides is 2. The minimum Gasteiger partial charge on any atom is -0.435 e. The van der Waals surface area contributed by atoms with Gasteiger partial charge in [-0.25, -0.2) is 0 Å². The fourth-order valence-corrected chi connectivity index (χ4v) is 2.97. The third-order valence-corrected chi connectivity index (χ3v) is 4.32. The van der Waals surface area contributed by atoms with Crippen LogP contribution in [-0.4, -0.2) is 31.1 Å². The Bertz CT molecular complexity index is 1080. The van der Waals surface area contributed by atoms with Crippen molar-refractivity contribution in [2.45, 2.75) is 13.0 Å². The third-order valence-electron chi connectivity index (χ3n) is 4.32. The van der Waals surface area contributed by atoms with E-state index < -0.39 is 6.61 Å². The summed E-state index contributed by atoms with van der Waals surface area (Å²) in [5, 5.41) is 15.7. The maximum atomic E-state index is 12.5. The first-order valence-corrected chi connectivity index (χ1v) is 8.84. The van der Waals surface area contributed by atoms with Crippen LogP contribution in [0.15, 0.2) is 48.7 Å². The van der Waals surface area contributed by atoms with Gasteiger partial charge in [0.15, 0.2) is 0 Å². The standard InChI is InChI=1S/C21H18F2N4O2/c1-25-20(28)14-4-2-3-13(9-14)7-8-26-19-15(11-24)12-27-18-6-5-16(10-17(18)19)29-21(22)23/h2-6,9-10,12,21H,7-8H2,1H3,(H,25,28)(H,26,27). The van der Waals surface area contributed by atoms with Gasteiger partial charge in [0.1, 0.15) is 11.8 Å². The molecule has 0 aliphatic carbocycles. The molecule has 3 rings (SSSR count). The number of nitriles is 1. The zero-order valence-corrected chi connectivity index (χ0v) is 15.6. The van der Waals surface area contributed by atoms with Crippen LogP contribution in [0.4, 0.5) is 14.5 Å². The molecule has 1 heterocycles. The minimum absolute atomic E-state index is 0.00859. The average Bonchev–Trinajstić information content (AvgIpc) is 2.73. The Hall–Kier alpha value is -3.73. The molecule has 0 aliphatic rings. The van der Waals surface area contributed by atoms with Crippen LogP contribution in [0, 0.1) is 11.3 Å². The van der Waals surface area contributed by atoms with E-state index in [-0.39, 0.29) is 11.7 Å². The van der Waals surface area contributed by atoms with Crippen LogP contribution in [-0.2, 0) is 6.42 Å². The van der Waals surface area contributed by atoms with E-state index in [4.69, 9.17) is 0 Å². The maximum Gasteiger partial charge on any atom is 0.387 e. The molecule has 0 unspecified atom stereocenters. The first kappa shape index (κ1) is 20.0. The summed E-state index contributed by atoms with van der Waals surface area (Å²) in [6.45, 7) is -2.48. The number of nitrogens with one attached hydrogen (secondary N) is 2. The molecule has 0 bridgehead atoms. The molecule has 1 amide bonds. The molecule has 0 spiro atoms. The van der Waals surface area contributed by atoms with Gasteiger partial charge in [0.2, 0.25) is 0 Å². The molecule has 0 radical (unpaired) electrons. The molecule has 29 heavy (non-hydrogen) atoms. The Labute approximate surface area is 166 Å². The molecule has 0 fully saturated rings. The molecule has 3 aromatic rings. The number of anilines is 1. The number of carbonyl (C=O) groups excluding carboxylic acids is 1. The zero-order chi connectivity index (χ0) is 20.8. The lowest BCUT2D eigenvalue weighted by molar-refractivity contribution is -0.0497. The molecule has 2 aromatic carbocycles. The SMILES string of the molecule is CNC(=O)c1cccc(CCNc2c(C#N)cnc3ccc(OC(F)F)cc23)c1. The molecule has 0 saturated carbocycles. The smallest absolute Gasteiger partial charge is 0.387 e. The topological polar surface area (TPSA) is 87.0 Å². The number of benzene rings is 2. The van der Waals surface area contributed by atoms with Gasteiger partial charge in [0.05, 0.1) is 16.8 Å². The number of aromatic nitrogens is 1. The van der Waals surface area contributed by atoms with Crippen LogP contribution in [0.1, 0.15) is 21.5 Å². The largest absolute Gasteiger partial charge is 0.435 e. The van der Waals surface area contributed by atoms with Crippen molar-refractivity contribution in [2.75, 3.05) is 18.9 Å². The lowest BCUT2D eigenvalue weighted by Gasteiger charge is -2.13. The van der Waals surface area contributed by atoms with E-state index in [9.17, 15) is 18.8 Å². The highest BCUT2D eigenvalue weighted by atomic mass is 19.3. The van der Waals surface area contributed by atoms with Crippen LogP contribution in [0.3, 0.4) is 0 Å². The summed E-state index contributed by atoms with van der Waals surface area (Å²) in [4.78, 5) is 16.0. The van der Waals surface area contributed by atoms with E-state index in [1.54, 1.807) is 31.3 Å². The average molecular weight is 396 g/mol. The number of rotatable bonds is 7. The highest BCUT2D eigenvalue weighted by Gasteiger charge is 2.12. The number of hydrogen-bond donors (Lipinski definition) is 2. The summed E-state index contributed by atoms with van der Waals surface area (Å²) in [6.07, 6.45) is 2.03. The van der Waals surface area contributed by atoms with Gasteiger partial charge in [0, 0.05) is 30.7 Å². The Morgan fingerprint density at radius 1 is 1.28 bits per heavy atom. The third kappa shape index (κ3) is 4.76. The number of amides is 1. The molecule has 0 atom stereocenters. The predicted octanol–water partition coefficient (Wildman–Crippen LogP) is 3.72. The zero-order valence-electron chi connectivity index (χ0n) is 15.6. The number of fused-ring (bicyclic) bond motifs is 1. The van der Waals surface area contributed by atoms with Crippen molar-refractivity contribution in [1.82, 2.24) is 10.3 Å². The van der Waals surface area contributed by atoms with E-state index >= 15 is 0 Å². The second kappa shape index (κ2) is 8.97. The number of pyridine rings is 1. The first-order chi connectivity index (χ1) is 14.0. The fraction of sp³-hybridized carbons (Fsp3) is 0.190. The molecule has 0 aliphatic heterocycles. The molecule has 8 heteroatoms. The molecule has 0 saturated heterocycles. The van der Waals surface area contributed by atoms with Gasteiger partial charge in [-0.1, -0.05) is 12.1 Å². The Morgan fingerprint density at radius 3 is 2.83 bits per heavy atom. The second-order valence-corrected chi connectivity index (χ2v) is 6.17. The molecule has 6 nitrogen and oxygen atoms in total. The first-order valence-electron chi connectivity index (χ1n) is 8.84. The summed E-state index contributed by atoms with van der Waals surface area (Å²) >= 11 is 0. The van der Waals surface area contributed by atoms with Gasteiger partial charge in [0.25, 0.3) is 5.91 Å². The van der Waals surface area contributed by atoms with E-state index in [1.165, 1.54) is 18.3 Å². The van der Waals surface area contributed by atoms with E-state index in [0.717, 1.165) is 5.56 Å². The van der Waals surface area contributed by atoms with Gasteiger partial charge >= 0.3 is 6.61 Å². The van der Waals surface area contributed by atoms with Crippen LogP contribution < -0.4 is 15.4 Å². The number of halogens is 2. The van der Waals surface area contributed by atoms with E-state index in [1.807, 2.05) is 6.07 Å². The lowest BCUT2D eigenvalue weighted by Crippen LogP contribution is -2.18. The van der Waals surface area contributed by atoms with Crippen LogP contribution in [0.5, 0.6) is 5.75 Å². The quantitative estimate of drug-likeness (QED) is 0.636. The number of hydrogen-bond acceptors (Lipinski definition) is 5. The van der Waals surface area contributed by atoms with E-state index in [2.05, 4.69) is 26.4 Å². The molecule has 148 valence electrons. The lowest BCUT2D eigenvalue weighted by atomic mass is 10.1. The van der Waals surface area contributed by atoms with Crippen LogP contribution >= 0.6 is 0 Å². The van der Waals surface area contributed by atoms with Crippen LogP contribution in [0.25, 0.3) is 10.9 Å². The van der Waals surface area contributed by atoms with Crippen molar-refractivity contribution in [3.63, 3.8) is 0 Å². The van der Waals surface area contributed by atoms with Crippen molar-refractivity contribution in [1.29, 1.82) is 5.26 Å². The van der Waals surface area contributed by atoms with Crippen molar-refractivity contribution in [3.05, 3.63) is 65.4 Å². The maximum absolute atomic E-state index is 12.5. The summed E-state index contributed by atoms with van der Waals surface area (Å²) in [5.74, 6) is -0.177. The second-order valence-electron chi connectivity index (χ2n) is 6.17. The molecular weight excluding hydrogens is 378 g/mol. The highest BCUT2D eigenvalue weighted by molar-refractivity contribution is 5.95. The van der Waals surface area contributed by atoms with Gasteiger partial charge in [-0.3, -0.25) is 9.78 Å². The summed E-state index contributed by atoms with van der Waals surface area (Å²) in [7, 11) is 1.57. The predicted molar refractivity (Wildman–Crippen MR) is 105 cm³/mol. The number of carbonyl (C=O) groups is 1. The highest BCUT2D eigenvalue weighted by Crippen LogP contribution is 2.29. The summed E-state index contributed by atoms with van der Waals surface area (Å²) in [6, 6.07) is 13.7. The molecular formula is C21H18F2N4O2. The van der Waals surface area contributed by atoms with Gasteiger partial charge in [-0.15, -0.1) is 0 Å². The number of nitrogens with zero attached hydrogens (tertiary/aromatic N) is 2. The normalized spacial score (nSPS) is 10.6. The monoisotopic (exact) mass is 396 g/mol. The Kier molecular flexibility index (Phi) is 6.19. The Balaban J connectivity index is 1.83. The van der Waals surface area contributed by atoms with Gasteiger partial charge in [-0.05, 0) is 42.3 Å². The number of ether oxygens (including phenoxy) is 1. The summed E-state index contributed by atoms with van der Waals surface area (Å²) in [5.41, 5.74) is 2.85. The van der Waals surface area contributed by atoms with Crippen molar-refractivity contribution in [3.8, 4) is 11.8 Å². The van der Waals surface area contributed by atoms with E-state index in [0.29, 0.717) is 40.7 Å². The molecule has 2 N–H and O–H groups in total. The van der Waals surface area contributed by atoms with Crippen molar-refractivity contribution in [2.24, 2.45) is 0 Å². The van der Waals surface area contributed by atoms with Gasteiger partial charge in [-0.2, -0.15) is 14.0 Å². The Morgan fingerprint density at radius 2 is 2.10 bits per heavy atom. The fourth-order valence-electron chi connectivity index (χ4n) is 2.97. The molecule has 1 aromatic heterocycles. The summed E-state index contributed by atoms with van der Waals surface area (Å²) < 4.78 is 29.5.